The van der Waals surface area contributed by atoms with Crippen molar-refractivity contribution in [2.75, 3.05) is 0 Å². The number of benzene rings is 3. The lowest BCUT2D eigenvalue weighted by molar-refractivity contribution is -0.727. The Morgan fingerprint density at radius 2 is 1.54 bits per heavy atom. The second kappa shape index (κ2) is 9.70. The lowest BCUT2D eigenvalue weighted by atomic mass is 9.78. The maximum absolute atomic E-state index is 10.3. The molecule has 0 amide bonds. The summed E-state index contributed by atoms with van der Waals surface area (Å²) in [7, 11) is 0. The van der Waals surface area contributed by atoms with Crippen LogP contribution in [0.5, 0.6) is 0 Å². The fourth-order valence-electron chi connectivity index (χ4n) is 6.90. The van der Waals surface area contributed by atoms with E-state index in [1.165, 1.54) is 11.1 Å². The Kier molecular flexibility index (Phi) is 5.84. The first-order chi connectivity index (χ1) is 20.1. The number of rotatable bonds is 1. The fourth-order valence-corrected chi connectivity index (χ4v) is 6.90. The molecule has 2 aromatic heterocycles. The molecule has 5 aromatic rings. The molecule has 0 aliphatic carbocycles. The normalized spacial score (nSPS) is 16.7. The third-order valence-corrected chi connectivity index (χ3v) is 8.75. The van der Waals surface area contributed by atoms with Gasteiger partial charge in [0.2, 0.25) is 23.1 Å². The van der Waals surface area contributed by atoms with Gasteiger partial charge in [0.1, 0.15) is 6.07 Å². The van der Waals surface area contributed by atoms with Crippen LogP contribution in [0, 0.1) is 29.6 Å². The minimum absolute atomic E-state index is 0.0443. The van der Waals surface area contributed by atoms with Crippen LogP contribution in [-0.4, -0.2) is 0 Å². The molecule has 4 heteroatoms. The van der Waals surface area contributed by atoms with E-state index in [0.717, 1.165) is 51.3 Å². The van der Waals surface area contributed by atoms with Crippen LogP contribution in [0.4, 0.5) is 0 Å². The lowest BCUT2D eigenvalue weighted by Gasteiger charge is -2.29. The molecule has 2 unspecified atom stereocenters. The Hall–Kier alpha value is -5.32. The van der Waals surface area contributed by atoms with E-state index >= 15 is 0 Å². The zero-order valence-corrected chi connectivity index (χ0v) is 22.9. The smallest absolute Gasteiger partial charge is 0.192 e. The molecule has 4 nitrogen and oxygen atoms in total. The molecule has 0 saturated heterocycles. The molecule has 0 bridgehead atoms. The van der Waals surface area contributed by atoms with Crippen LogP contribution in [0.3, 0.4) is 0 Å². The number of nitriles is 2. The monoisotopic (exact) mass is 528 g/mol. The SMILES string of the molecule is C=C1C2C(CCc3c(C#N)ccc(C#N)c3-c3cc(-c4ccccc4)c(C)c[n+]31)c1ccccc1-c1cccc[n+]12. The van der Waals surface area contributed by atoms with Crippen molar-refractivity contribution in [1.82, 2.24) is 0 Å². The van der Waals surface area contributed by atoms with E-state index in [-0.39, 0.29) is 12.0 Å². The molecule has 0 fully saturated rings. The van der Waals surface area contributed by atoms with Crippen molar-refractivity contribution in [3.05, 3.63) is 138 Å². The first kappa shape index (κ1) is 24.7. The van der Waals surface area contributed by atoms with Crippen molar-refractivity contribution in [2.45, 2.75) is 31.7 Å². The van der Waals surface area contributed by atoms with Gasteiger partial charge in [-0.25, -0.2) is 0 Å². The minimum atomic E-state index is -0.0443. The molecule has 0 spiro atoms. The Bertz CT molecular complexity index is 1960. The minimum Gasteiger partial charge on any atom is -0.192 e. The molecule has 3 aromatic carbocycles. The van der Waals surface area contributed by atoms with E-state index in [2.05, 4.69) is 101 Å². The summed E-state index contributed by atoms with van der Waals surface area (Å²) in [4.78, 5) is 0. The first-order valence-corrected chi connectivity index (χ1v) is 14.0. The number of hydrogen-bond acceptors (Lipinski definition) is 2. The molecule has 2 aliphatic heterocycles. The molecule has 4 heterocycles. The summed E-state index contributed by atoms with van der Waals surface area (Å²) in [6.45, 7) is 6.89. The summed E-state index contributed by atoms with van der Waals surface area (Å²) in [5.41, 5.74) is 11.8. The quantitative estimate of drug-likeness (QED) is 0.219. The highest BCUT2D eigenvalue weighted by molar-refractivity contribution is 5.78. The van der Waals surface area contributed by atoms with Gasteiger partial charge < -0.3 is 0 Å². The molecule has 194 valence electrons. The Morgan fingerprint density at radius 1 is 0.805 bits per heavy atom. The molecular formula is C37H28N4+2. The average Bonchev–Trinajstić information content (AvgIpc) is 3.07. The summed E-state index contributed by atoms with van der Waals surface area (Å²) in [5.74, 6) is 0.135. The predicted molar refractivity (Wildman–Crippen MR) is 159 cm³/mol. The molecule has 0 saturated carbocycles. The van der Waals surface area contributed by atoms with Crippen LogP contribution in [0.15, 0.2) is 110 Å². The van der Waals surface area contributed by atoms with Gasteiger partial charge in [0, 0.05) is 29.3 Å². The number of aromatic nitrogens is 2. The molecule has 0 N–H and O–H groups in total. The highest BCUT2D eigenvalue weighted by atomic mass is 15.1. The van der Waals surface area contributed by atoms with Gasteiger partial charge in [-0.05, 0) is 72.9 Å². The average molecular weight is 529 g/mol. The number of aryl methyl sites for hydroxylation is 1. The summed E-state index contributed by atoms with van der Waals surface area (Å²) in [5, 5.41) is 20.5. The van der Waals surface area contributed by atoms with Crippen LogP contribution in [-0.2, 0) is 6.42 Å². The van der Waals surface area contributed by atoms with E-state index in [1.807, 2.05) is 18.2 Å². The highest BCUT2D eigenvalue weighted by Crippen LogP contribution is 2.45. The van der Waals surface area contributed by atoms with Gasteiger partial charge in [-0.2, -0.15) is 19.7 Å². The maximum Gasteiger partial charge on any atom is 0.249 e. The van der Waals surface area contributed by atoms with Crippen molar-refractivity contribution in [2.24, 2.45) is 0 Å². The van der Waals surface area contributed by atoms with Gasteiger partial charge in [-0.15, -0.1) is 0 Å². The van der Waals surface area contributed by atoms with E-state index in [9.17, 15) is 10.5 Å². The predicted octanol–water partition coefficient (Wildman–Crippen LogP) is 7.07. The van der Waals surface area contributed by atoms with Crippen molar-refractivity contribution >= 4 is 5.70 Å². The summed E-state index contributed by atoms with van der Waals surface area (Å²) >= 11 is 0. The van der Waals surface area contributed by atoms with Gasteiger partial charge in [-0.3, -0.25) is 0 Å². The van der Waals surface area contributed by atoms with E-state index in [1.54, 1.807) is 12.1 Å². The highest BCUT2D eigenvalue weighted by Gasteiger charge is 2.47. The van der Waals surface area contributed by atoms with Crippen LogP contribution in [0.25, 0.3) is 39.3 Å². The van der Waals surface area contributed by atoms with Crippen LogP contribution < -0.4 is 9.13 Å². The summed E-state index contributed by atoms with van der Waals surface area (Å²) < 4.78 is 4.54. The van der Waals surface area contributed by atoms with Crippen LogP contribution >= 0.6 is 0 Å². The van der Waals surface area contributed by atoms with Gasteiger partial charge in [-0.1, -0.05) is 48.5 Å². The van der Waals surface area contributed by atoms with Gasteiger partial charge >= 0.3 is 0 Å². The molecule has 2 aliphatic rings. The number of hydrogen-bond donors (Lipinski definition) is 0. The van der Waals surface area contributed by atoms with E-state index in [4.69, 9.17) is 6.58 Å². The third kappa shape index (κ3) is 3.80. The number of fused-ring (bicyclic) bond motifs is 9. The maximum atomic E-state index is 10.3. The van der Waals surface area contributed by atoms with Crippen LogP contribution in [0.2, 0.25) is 0 Å². The van der Waals surface area contributed by atoms with E-state index in [0.29, 0.717) is 17.5 Å². The first-order valence-electron chi connectivity index (χ1n) is 14.0. The zero-order valence-electron chi connectivity index (χ0n) is 22.9. The molecule has 41 heavy (non-hydrogen) atoms. The standard InChI is InChI=1S/C37H28N4/c1-24-23-41-25(2)37-32(30-12-6-7-13-31(30)34-14-8-9-19-40(34)37)18-17-29-27(21-38)15-16-28(22-39)36(29)35(41)20-33(24)26-10-4-3-5-11-26/h3-16,19-20,23,32,37H,2,17-18H2,1H3/q+2. The van der Waals surface area contributed by atoms with Gasteiger partial charge in [0.25, 0.3) is 0 Å². The van der Waals surface area contributed by atoms with Crippen molar-refractivity contribution < 1.29 is 9.13 Å². The molecule has 2 atom stereocenters. The van der Waals surface area contributed by atoms with Crippen molar-refractivity contribution in [1.29, 1.82) is 10.5 Å². The van der Waals surface area contributed by atoms with Crippen molar-refractivity contribution in [3.63, 3.8) is 0 Å². The number of nitrogens with zero attached hydrogens (tertiary/aromatic N) is 4. The lowest BCUT2D eigenvalue weighted by Crippen LogP contribution is -2.53. The van der Waals surface area contributed by atoms with Crippen LogP contribution in [0.1, 0.15) is 46.2 Å². The van der Waals surface area contributed by atoms with E-state index < -0.39 is 0 Å². The van der Waals surface area contributed by atoms with Gasteiger partial charge in [0.15, 0.2) is 12.4 Å². The molecular weight excluding hydrogens is 500 g/mol. The third-order valence-electron chi connectivity index (χ3n) is 8.75. The Labute approximate surface area is 240 Å². The second-order valence-corrected chi connectivity index (χ2v) is 10.9. The number of pyridine rings is 2. The fraction of sp³-hybridized carbons (Fsp3) is 0.135. The topological polar surface area (TPSA) is 55.3 Å². The number of allylic oxidation sites excluding steroid dienone is 1. The van der Waals surface area contributed by atoms with Crippen molar-refractivity contribution in [3.8, 4) is 45.8 Å². The molecule has 0 radical (unpaired) electrons. The molecule has 7 rings (SSSR count). The summed E-state index contributed by atoms with van der Waals surface area (Å²) in [6.07, 6.45) is 5.81. The Balaban J connectivity index is 1.58. The van der Waals surface area contributed by atoms with Gasteiger partial charge in [0.05, 0.1) is 28.7 Å². The Morgan fingerprint density at radius 3 is 2.34 bits per heavy atom. The summed E-state index contributed by atoms with van der Waals surface area (Å²) in [6, 6.07) is 35.9. The zero-order chi connectivity index (χ0) is 28.1. The largest absolute Gasteiger partial charge is 0.249 e. The second-order valence-electron chi connectivity index (χ2n) is 10.9.